The van der Waals surface area contributed by atoms with Gasteiger partial charge in [-0.25, -0.2) is 0 Å². The maximum atomic E-state index is 5.78. The van der Waals surface area contributed by atoms with Crippen LogP contribution in [0.3, 0.4) is 0 Å². The molecule has 0 spiro atoms. The number of hydrogen-bond donors (Lipinski definition) is 3. The lowest BCUT2D eigenvalue weighted by Gasteiger charge is -2.12. The number of thiocarbonyl (C=S) groups is 1. The molecule has 0 aromatic heterocycles. The highest BCUT2D eigenvalue weighted by molar-refractivity contribution is 7.80. The van der Waals surface area contributed by atoms with Gasteiger partial charge >= 0.3 is 0 Å². The Labute approximate surface area is 149 Å². The molecule has 24 heavy (non-hydrogen) atoms. The van der Waals surface area contributed by atoms with Crippen LogP contribution in [0.15, 0.2) is 54.6 Å². The highest BCUT2D eigenvalue weighted by Crippen LogP contribution is 2.17. The summed E-state index contributed by atoms with van der Waals surface area (Å²) in [6, 6.07) is 18.0. The molecule has 0 amide bonds. The van der Waals surface area contributed by atoms with Crippen LogP contribution in [-0.2, 0) is 6.61 Å². The molecule has 128 valence electrons. The molecule has 0 heterocycles. The normalized spacial score (nSPS) is 10.5. The minimum Gasteiger partial charge on any atom is -0.489 e. The highest BCUT2D eigenvalue weighted by atomic mass is 32.1. The third kappa shape index (κ3) is 6.98. The van der Waals surface area contributed by atoms with E-state index < -0.39 is 0 Å². The summed E-state index contributed by atoms with van der Waals surface area (Å²) in [7, 11) is 4.30. The number of rotatable bonds is 8. The van der Waals surface area contributed by atoms with Crippen LogP contribution in [0.4, 0.5) is 5.69 Å². The zero-order valence-corrected chi connectivity index (χ0v) is 15.2. The summed E-state index contributed by atoms with van der Waals surface area (Å²) in [6.45, 7) is 2.58. The molecule has 0 aliphatic rings. The molecule has 0 radical (unpaired) electrons. The molecular formula is C19H26N3OS+. The first-order valence-electron chi connectivity index (χ1n) is 8.24. The lowest BCUT2D eigenvalue weighted by atomic mass is 10.2. The Morgan fingerprint density at radius 2 is 1.75 bits per heavy atom. The van der Waals surface area contributed by atoms with Crippen molar-refractivity contribution in [1.82, 2.24) is 5.32 Å². The summed E-state index contributed by atoms with van der Waals surface area (Å²) in [5.41, 5.74) is 2.11. The summed E-state index contributed by atoms with van der Waals surface area (Å²) in [5, 5.41) is 7.07. The molecule has 3 N–H and O–H groups in total. The zero-order valence-electron chi connectivity index (χ0n) is 14.3. The minimum atomic E-state index is 0.571. The van der Waals surface area contributed by atoms with E-state index in [1.807, 2.05) is 42.5 Å². The molecule has 0 bridgehead atoms. The summed E-state index contributed by atoms with van der Waals surface area (Å²) in [6.07, 6.45) is 1.09. The first-order valence-corrected chi connectivity index (χ1v) is 8.65. The maximum Gasteiger partial charge on any atom is 0.170 e. The largest absolute Gasteiger partial charge is 0.489 e. The van der Waals surface area contributed by atoms with Crippen molar-refractivity contribution in [2.75, 3.05) is 32.5 Å². The Morgan fingerprint density at radius 3 is 2.42 bits per heavy atom. The first kappa shape index (κ1) is 18.2. The Kier molecular flexibility index (Phi) is 7.52. The molecule has 5 heteroatoms. The lowest BCUT2D eigenvalue weighted by Crippen LogP contribution is -3.05. The van der Waals surface area contributed by atoms with Gasteiger partial charge in [-0.2, -0.15) is 0 Å². The average molecular weight is 345 g/mol. The van der Waals surface area contributed by atoms with E-state index in [4.69, 9.17) is 17.0 Å². The van der Waals surface area contributed by atoms with Crippen LogP contribution in [0.5, 0.6) is 5.75 Å². The summed E-state index contributed by atoms with van der Waals surface area (Å²) in [5.74, 6) is 0.845. The number of anilines is 1. The van der Waals surface area contributed by atoms with Gasteiger partial charge in [0.1, 0.15) is 12.4 Å². The molecule has 2 rings (SSSR count). The van der Waals surface area contributed by atoms with E-state index in [9.17, 15) is 0 Å². The summed E-state index contributed by atoms with van der Waals surface area (Å²) >= 11 is 5.30. The predicted molar refractivity (Wildman–Crippen MR) is 104 cm³/mol. The van der Waals surface area contributed by atoms with Gasteiger partial charge in [-0.15, -0.1) is 0 Å². The van der Waals surface area contributed by atoms with E-state index in [2.05, 4.69) is 36.9 Å². The van der Waals surface area contributed by atoms with Gasteiger partial charge in [-0.05, 0) is 42.0 Å². The SMILES string of the molecule is C[NH+](C)CCCNC(=S)Nc1ccc(OCc2ccccc2)cc1. The van der Waals surface area contributed by atoms with Crippen LogP contribution in [0.2, 0.25) is 0 Å². The van der Waals surface area contributed by atoms with Crippen LogP contribution in [-0.4, -0.2) is 32.3 Å². The van der Waals surface area contributed by atoms with E-state index >= 15 is 0 Å². The van der Waals surface area contributed by atoms with Crippen LogP contribution in [0.25, 0.3) is 0 Å². The Hall–Kier alpha value is -2.11. The van der Waals surface area contributed by atoms with Crippen LogP contribution >= 0.6 is 12.2 Å². The maximum absolute atomic E-state index is 5.78. The minimum absolute atomic E-state index is 0.571. The van der Waals surface area contributed by atoms with Crippen LogP contribution in [0, 0.1) is 0 Å². The van der Waals surface area contributed by atoms with Gasteiger partial charge in [0.05, 0.1) is 20.6 Å². The Morgan fingerprint density at radius 1 is 1.04 bits per heavy atom. The van der Waals surface area contributed by atoms with Gasteiger partial charge in [0.15, 0.2) is 5.11 Å². The molecule has 4 nitrogen and oxygen atoms in total. The third-order valence-electron chi connectivity index (χ3n) is 3.50. The van der Waals surface area contributed by atoms with Gasteiger partial charge in [0, 0.05) is 18.7 Å². The zero-order chi connectivity index (χ0) is 17.2. The average Bonchev–Trinajstić information content (AvgIpc) is 2.59. The summed E-state index contributed by atoms with van der Waals surface area (Å²) in [4.78, 5) is 1.45. The van der Waals surface area contributed by atoms with E-state index in [0.29, 0.717) is 11.7 Å². The van der Waals surface area contributed by atoms with Crippen molar-refractivity contribution in [3.8, 4) is 5.75 Å². The molecule has 0 unspecified atom stereocenters. The van der Waals surface area contributed by atoms with Gasteiger partial charge in [0.25, 0.3) is 0 Å². The molecule has 0 saturated heterocycles. The summed E-state index contributed by atoms with van der Waals surface area (Å²) < 4.78 is 5.78. The predicted octanol–water partition coefficient (Wildman–Crippen LogP) is 2.09. The molecule has 0 saturated carbocycles. The number of hydrogen-bond acceptors (Lipinski definition) is 2. The molecule has 0 aliphatic carbocycles. The second-order valence-electron chi connectivity index (χ2n) is 5.99. The quantitative estimate of drug-likeness (QED) is 0.506. The number of benzene rings is 2. The third-order valence-corrected chi connectivity index (χ3v) is 3.75. The molecule has 2 aromatic rings. The monoisotopic (exact) mass is 344 g/mol. The number of quaternary nitrogens is 1. The number of ether oxygens (including phenoxy) is 1. The van der Waals surface area contributed by atoms with Gasteiger partial charge in [-0.1, -0.05) is 30.3 Å². The van der Waals surface area contributed by atoms with E-state index in [1.165, 1.54) is 4.90 Å². The smallest absolute Gasteiger partial charge is 0.170 e. The van der Waals surface area contributed by atoms with Crippen LogP contribution < -0.4 is 20.3 Å². The standard InChI is InChI=1S/C19H25N3OS/c1-22(2)14-6-13-20-19(24)21-17-9-11-18(12-10-17)23-15-16-7-4-3-5-8-16/h3-5,7-12H,6,13-15H2,1-2H3,(H2,20,21,24)/p+1. The van der Waals surface area contributed by atoms with E-state index in [1.54, 1.807) is 0 Å². The van der Waals surface area contributed by atoms with Crippen molar-refractivity contribution >= 4 is 23.0 Å². The fraction of sp³-hybridized carbons (Fsp3) is 0.316. The van der Waals surface area contributed by atoms with Crippen molar-refractivity contribution in [3.05, 3.63) is 60.2 Å². The van der Waals surface area contributed by atoms with Crippen LogP contribution in [0.1, 0.15) is 12.0 Å². The first-order chi connectivity index (χ1) is 11.6. The fourth-order valence-electron chi connectivity index (χ4n) is 2.19. The molecule has 0 aliphatic heterocycles. The van der Waals surface area contributed by atoms with Crippen molar-refractivity contribution < 1.29 is 9.64 Å². The molecule has 0 atom stereocenters. The van der Waals surface area contributed by atoms with Crippen molar-refractivity contribution in [2.45, 2.75) is 13.0 Å². The highest BCUT2D eigenvalue weighted by Gasteiger charge is 2.00. The lowest BCUT2D eigenvalue weighted by molar-refractivity contribution is -0.858. The van der Waals surface area contributed by atoms with Gasteiger partial charge in [0.2, 0.25) is 0 Å². The molecule has 2 aromatic carbocycles. The van der Waals surface area contributed by atoms with Crippen molar-refractivity contribution in [3.63, 3.8) is 0 Å². The molecule has 0 fully saturated rings. The van der Waals surface area contributed by atoms with E-state index in [0.717, 1.165) is 36.5 Å². The fourth-order valence-corrected chi connectivity index (χ4v) is 2.41. The Balaban J connectivity index is 1.72. The van der Waals surface area contributed by atoms with Gasteiger partial charge < -0.3 is 20.3 Å². The topological polar surface area (TPSA) is 37.7 Å². The second kappa shape index (κ2) is 9.90. The Bertz CT molecular complexity index is 614. The molecular weight excluding hydrogens is 318 g/mol. The van der Waals surface area contributed by atoms with Crippen molar-refractivity contribution in [2.24, 2.45) is 0 Å². The second-order valence-corrected chi connectivity index (χ2v) is 6.40. The number of nitrogens with one attached hydrogen (secondary N) is 3. The van der Waals surface area contributed by atoms with Gasteiger partial charge in [-0.3, -0.25) is 0 Å². The van der Waals surface area contributed by atoms with Crippen molar-refractivity contribution in [1.29, 1.82) is 0 Å². The van der Waals surface area contributed by atoms with E-state index in [-0.39, 0.29) is 0 Å².